The SMILES string of the molecule is Cc1cnc2c(I)ccc(F)c2c1Cl. The highest BCUT2D eigenvalue weighted by Gasteiger charge is 2.10. The maximum atomic E-state index is 13.5. The number of aromatic nitrogens is 1. The maximum Gasteiger partial charge on any atom is 0.134 e. The number of hydrogen-bond donors (Lipinski definition) is 0. The topological polar surface area (TPSA) is 12.9 Å². The Morgan fingerprint density at radius 3 is 2.86 bits per heavy atom. The largest absolute Gasteiger partial charge is 0.255 e. The number of nitrogens with zero attached hydrogens (tertiary/aromatic N) is 1. The molecule has 0 saturated carbocycles. The average Bonchev–Trinajstić information content (AvgIpc) is 2.16. The Morgan fingerprint density at radius 2 is 2.14 bits per heavy atom. The zero-order chi connectivity index (χ0) is 10.3. The molecule has 0 spiro atoms. The molecular formula is C10H6ClFIN. The van der Waals surface area contributed by atoms with Crippen molar-refractivity contribution >= 4 is 45.1 Å². The minimum atomic E-state index is -0.318. The number of benzene rings is 1. The average molecular weight is 322 g/mol. The summed E-state index contributed by atoms with van der Waals surface area (Å²) in [6.07, 6.45) is 1.66. The van der Waals surface area contributed by atoms with Crippen LogP contribution in [0.1, 0.15) is 5.56 Å². The third-order valence-electron chi connectivity index (χ3n) is 2.03. The fourth-order valence-corrected chi connectivity index (χ4v) is 2.11. The van der Waals surface area contributed by atoms with E-state index in [-0.39, 0.29) is 5.82 Å². The first-order valence-electron chi connectivity index (χ1n) is 4.00. The highest BCUT2D eigenvalue weighted by molar-refractivity contribution is 14.1. The van der Waals surface area contributed by atoms with Crippen LogP contribution in [-0.2, 0) is 0 Å². The molecule has 0 unspecified atom stereocenters. The molecule has 0 amide bonds. The minimum Gasteiger partial charge on any atom is -0.255 e. The quantitative estimate of drug-likeness (QED) is 0.670. The van der Waals surface area contributed by atoms with Crippen molar-refractivity contribution in [3.05, 3.63) is 38.3 Å². The molecule has 1 heterocycles. The van der Waals surface area contributed by atoms with E-state index < -0.39 is 0 Å². The summed E-state index contributed by atoms with van der Waals surface area (Å²) in [6.45, 7) is 1.81. The Bertz CT molecular complexity index is 513. The molecule has 0 saturated heterocycles. The summed E-state index contributed by atoms with van der Waals surface area (Å²) in [6, 6.07) is 3.11. The number of hydrogen-bond acceptors (Lipinski definition) is 1. The van der Waals surface area contributed by atoms with Crippen LogP contribution < -0.4 is 0 Å². The summed E-state index contributed by atoms with van der Waals surface area (Å²) in [5.74, 6) is -0.318. The van der Waals surface area contributed by atoms with Crippen molar-refractivity contribution in [2.75, 3.05) is 0 Å². The second-order valence-corrected chi connectivity index (χ2v) is 4.55. The van der Waals surface area contributed by atoms with Crippen LogP contribution in [0.3, 0.4) is 0 Å². The summed E-state index contributed by atoms with van der Waals surface area (Å²) in [5, 5.41) is 0.865. The van der Waals surface area contributed by atoms with Crippen LogP contribution >= 0.6 is 34.2 Å². The molecule has 1 nitrogen and oxygen atoms in total. The molecule has 72 valence electrons. The molecule has 2 aromatic rings. The summed E-state index contributed by atoms with van der Waals surface area (Å²) in [7, 11) is 0. The van der Waals surface area contributed by atoms with Crippen molar-refractivity contribution in [2.45, 2.75) is 6.92 Å². The summed E-state index contributed by atoms with van der Waals surface area (Å²) < 4.78 is 14.4. The van der Waals surface area contributed by atoms with E-state index in [1.54, 1.807) is 12.3 Å². The number of halogens is 3. The molecule has 1 aromatic heterocycles. The van der Waals surface area contributed by atoms with E-state index in [0.717, 1.165) is 9.13 Å². The van der Waals surface area contributed by atoms with Crippen molar-refractivity contribution in [2.24, 2.45) is 0 Å². The van der Waals surface area contributed by atoms with E-state index in [1.165, 1.54) is 6.07 Å². The van der Waals surface area contributed by atoms with E-state index in [4.69, 9.17) is 11.6 Å². The van der Waals surface area contributed by atoms with Gasteiger partial charge in [-0.15, -0.1) is 0 Å². The van der Waals surface area contributed by atoms with Crippen LogP contribution in [0.25, 0.3) is 10.9 Å². The highest BCUT2D eigenvalue weighted by Crippen LogP contribution is 2.29. The first-order chi connectivity index (χ1) is 6.61. The second kappa shape index (κ2) is 3.62. The molecule has 0 aliphatic rings. The van der Waals surface area contributed by atoms with Crippen LogP contribution in [0.5, 0.6) is 0 Å². The van der Waals surface area contributed by atoms with Crippen LogP contribution in [0.15, 0.2) is 18.3 Å². The molecule has 0 N–H and O–H groups in total. The van der Waals surface area contributed by atoms with Gasteiger partial charge in [-0.1, -0.05) is 11.6 Å². The van der Waals surface area contributed by atoms with Gasteiger partial charge in [0.05, 0.1) is 15.9 Å². The highest BCUT2D eigenvalue weighted by atomic mass is 127. The van der Waals surface area contributed by atoms with Gasteiger partial charge in [0, 0.05) is 9.77 Å². The summed E-state index contributed by atoms with van der Waals surface area (Å²) in [5.41, 5.74) is 1.42. The van der Waals surface area contributed by atoms with Gasteiger partial charge in [0.1, 0.15) is 5.82 Å². The first-order valence-corrected chi connectivity index (χ1v) is 5.45. The fourth-order valence-electron chi connectivity index (χ4n) is 1.29. The molecule has 4 heteroatoms. The van der Waals surface area contributed by atoms with Gasteiger partial charge in [0.2, 0.25) is 0 Å². The summed E-state index contributed by atoms with van der Waals surface area (Å²) in [4.78, 5) is 4.17. The van der Waals surface area contributed by atoms with Crippen molar-refractivity contribution in [1.82, 2.24) is 4.98 Å². The van der Waals surface area contributed by atoms with E-state index in [9.17, 15) is 4.39 Å². The predicted molar refractivity (Wildman–Crippen MR) is 64.2 cm³/mol. The Labute approximate surface area is 99.4 Å². The molecule has 0 aliphatic heterocycles. The molecule has 0 fully saturated rings. The molecule has 0 radical (unpaired) electrons. The van der Waals surface area contributed by atoms with E-state index in [0.29, 0.717) is 15.9 Å². The zero-order valence-electron chi connectivity index (χ0n) is 7.31. The Balaban J connectivity index is 3.01. The second-order valence-electron chi connectivity index (χ2n) is 3.01. The third kappa shape index (κ3) is 1.48. The van der Waals surface area contributed by atoms with E-state index >= 15 is 0 Å². The molecule has 0 bridgehead atoms. The van der Waals surface area contributed by atoms with Gasteiger partial charge in [-0.3, -0.25) is 4.98 Å². The lowest BCUT2D eigenvalue weighted by Gasteiger charge is -2.05. The van der Waals surface area contributed by atoms with E-state index in [2.05, 4.69) is 27.6 Å². The number of pyridine rings is 1. The maximum absolute atomic E-state index is 13.5. The van der Waals surface area contributed by atoms with Gasteiger partial charge in [0.25, 0.3) is 0 Å². The van der Waals surface area contributed by atoms with Crippen LogP contribution in [0.2, 0.25) is 5.02 Å². The smallest absolute Gasteiger partial charge is 0.134 e. The van der Waals surface area contributed by atoms with Crippen LogP contribution in [-0.4, -0.2) is 4.98 Å². The van der Waals surface area contributed by atoms with Gasteiger partial charge in [-0.2, -0.15) is 0 Å². The monoisotopic (exact) mass is 321 g/mol. The minimum absolute atomic E-state index is 0.318. The Kier molecular flexibility index (Phi) is 2.62. The van der Waals surface area contributed by atoms with Gasteiger partial charge in [-0.05, 0) is 47.2 Å². The number of fused-ring (bicyclic) bond motifs is 1. The van der Waals surface area contributed by atoms with Gasteiger partial charge < -0.3 is 0 Å². The number of rotatable bonds is 0. The molecule has 14 heavy (non-hydrogen) atoms. The number of aryl methyl sites for hydroxylation is 1. The summed E-state index contributed by atoms with van der Waals surface area (Å²) >= 11 is 8.14. The normalized spacial score (nSPS) is 10.9. The lowest BCUT2D eigenvalue weighted by atomic mass is 10.1. The molecular weight excluding hydrogens is 315 g/mol. The van der Waals surface area contributed by atoms with Gasteiger partial charge >= 0.3 is 0 Å². The Morgan fingerprint density at radius 1 is 1.43 bits per heavy atom. The van der Waals surface area contributed by atoms with Gasteiger partial charge in [0.15, 0.2) is 0 Å². The third-order valence-corrected chi connectivity index (χ3v) is 3.39. The standard InChI is InChI=1S/C10H6ClFIN/c1-5-4-14-10-7(13)3-2-6(12)8(10)9(5)11/h2-4H,1H3. The van der Waals surface area contributed by atoms with Crippen molar-refractivity contribution < 1.29 is 4.39 Å². The fraction of sp³-hybridized carbons (Fsp3) is 0.100. The molecule has 0 atom stereocenters. The lowest BCUT2D eigenvalue weighted by molar-refractivity contribution is 0.639. The van der Waals surface area contributed by atoms with E-state index in [1.807, 2.05) is 6.92 Å². The zero-order valence-corrected chi connectivity index (χ0v) is 10.2. The first kappa shape index (κ1) is 10.1. The molecule has 2 rings (SSSR count). The molecule has 1 aromatic carbocycles. The van der Waals surface area contributed by atoms with Crippen molar-refractivity contribution in [3.8, 4) is 0 Å². The predicted octanol–water partition coefficient (Wildman–Crippen LogP) is 3.94. The van der Waals surface area contributed by atoms with Crippen molar-refractivity contribution in [3.63, 3.8) is 0 Å². The lowest BCUT2D eigenvalue weighted by Crippen LogP contribution is -1.90. The van der Waals surface area contributed by atoms with Crippen LogP contribution in [0.4, 0.5) is 4.39 Å². The van der Waals surface area contributed by atoms with Gasteiger partial charge in [-0.25, -0.2) is 4.39 Å². The van der Waals surface area contributed by atoms with Crippen LogP contribution in [0, 0.1) is 16.3 Å². The molecule has 0 aliphatic carbocycles. The van der Waals surface area contributed by atoms with Crippen molar-refractivity contribution in [1.29, 1.82) is 0 Å². The Hall–Kier alpha value is -0.420.